The summed E-state index contributed by atoms with van der Waals surface area (Å²) in [5.41, 5.74) is 0. The molecule has 0 aromatic rings. The molecule has 0 bridgehead atoms. The van der Waals surface area contributed by atoms with Gasteiger partial charge in [-0.1, -0.05) is 31.8 Å². The van der Waals surface area contributed by atoms with E-state index in [1.54, 1.807) is 0 Å². The quantitative estimate of drug-likeness (QED) is 0.306. The number of hydrogen-bond donors (Lipinski definition) is 2. The van der Waals surface area contributed by atoms with Gasteiger partial charge in [0.05, 0.1) is 6.61 Å². The van der Waals surface area contributed by atoms with Gasteiger partial charge in [0.2, 0.25) is 14.2 Å². The van der Waals surface area contributed by atoms with Crippen LogP contribution in [0.4, 0.5) is 0 Å². The van der Waals surface area contributed by atoms with Gasteiger partial charge in [0.25, 0.3) is 0 Å². The lowest BCUT2D eigenvalue weighted by Gasteiger charge is -2.22. The predicted molar refractivity (Wildman–Crippen MR) is 95.6 cm³/mol. The lowest BCUT2D eigenvalue weighted by Crippen LogP contribution is -2.47. The van der Waals surface area contributed by atoms with Crippen LogP contribution in [-0.2, 0) is 14.0 Å². The van der Waals surface area contributed by atoms with Crippen LogP contribution in [0.1, 0.15) is 51.4 Å². The summed E-state index contributed by atoms with van der Waals surface area (Å²) in [6.07, 6.45) is 9.87. The van der Waals surface area contributed by atoms with Gasteiger partial charge in [0.15, 0.2) is 0 Å². The molecule has 0 aliphatic rings. The molecule has 1 atom stereocenters. The number of allylic oxidation sites excluding steroid dienone is 1. The summed E-state index contributed by atoms with van der Waals surface area (Å²) in [7, 11) is -2.02. The zero-order chi connectivity index (χ0) is 17.7. The molecule has 0 unspecified atom stereocenters. The lowest BCUT2D eigenvalue weighted by atomic mass is 10.1. The highest BCUT2D eigenvalue weighted by molar-refractivity contribution is 6.71. The third-order valence-electron chi connectivity index (χ3n) is 3.27. The van der Waals surface area contributed by atoms with Crippen molar-refractivity contribution in [2.24, 2.45) is 0 Å². The maximum absolute atomic E-state index is 11.9. The molecule has 134 valence electrons. The van der Waals surface area contributed by atoms with E-state index in [2.05, 4.69) is 11.9 Å². The fraction of sp³-hybridized carbons (Fsp3) is 0.765. The van der Waals surface area contributed by atoms with Crippen molar-refractivity contribution in [2.45, 2.75) is 77.0 Å². The molecule has 5 nitrogen and oxygen atoms in total. The van der Waals surface area contributed by atoms with Crippen LogP contribution in [0.25, 0.3) is 0 Å². The molecule has 0 saturated heterocycles. The molecule has 0 aliphatic carbocycles. The average molecular weight is 344 g/mol. The van der Waals surface area contributed by atoms with E-state index in [9.17, 15) is 14.7 Å². The fourth-order valence-electron chi connectivity index (χ4n) is 2.10. The van der Waals surface area contributed by atoms with Gasteiger partial charge >= 0.3 is 5.97 Å². The first-order valence-corrected chi connectivity index (χ1v) is 11.9. The summed E-state index contributed by atoms with van der Waals surface area (Å²) in [4.78, 5) is 23.7. The fourth-order valence-corrected chi connectivity index (χ4v) is 2.85. The smallest absolute Gasteiger partial charge is 0.317 e. The van der Waals surface area contributed by atoms with Crippen LogP contribution in [0.5, 0.6) is 0 Å². The molecule has 0 saturated carbocycles. The first-order valence-electron chi connectivity index (χ1n) is 8.54. The van der Waals surface area contributed by atoms with Crippen molar-refractivity contribution in [3.8, 4) is 0 Å². The second-order valence-electron chi connectivity index (χ2n) is 6.78. The number of amides is 1. The van der Waals surface area contributed by atoms with Gasteiger partial charge < -0.3 is 14.8 Å². The minimum Gasteiger partial charge on any atom is -0.518 e. The van der Waals surface area contributed by atoms with Crippen molar-refractivity contribution in [1.82, 2.24) is 5.32 Å². The summed E-state index contributed by atoms with van der Waals surface area (Å²) in [5, 5.41) is 11.8. The van der Waals surface area contributed by atoms with Crippen LogP contribution in [-0.4, -0.2) is 37.9 Å². The van der Waals surface area contributed by atoms with Gasteiger partial charge in [-0.05, 0) is 38.9 Å². The number of rotatable bonds is 13. The Balaban J connectivity index is 3.85. The first-order chi connectivity index (χ1) is 10.8. The van der Waals surface area contributed by atoms with Crippen molar-refractivity contribution in [3.63, 3.8) is 0 Å². The molecule has 1 amide bonds. The minimum atomic E-state index is -2.02. The van der Waals surface area contributed by atoms with Crippen molar-refractivity contribution < 1.29 is 19.1 Å². The van der Waals surface area contributed by atoms with E-state index < -0.39 is 26.9 Å². The van der Waals surface area contributed by atoms with Crippen LogP contribution in [0, 0.1) is 0 Å². The van der Waals surface area contributed by atoms with E-state index in [0.717, 1.165) is 25.7 Å². The molecule has 0 spiro atoms. The number of aliphatic hydroxyl groups is 1. The van der Waals surface area contributed by atoms with E-state index in [0.29, 0.717) is 6.42 Å². The van der Waals surface area contributed by atoms with Gasteiger partial charge in [-0.2, -0.15) is 0 Å². The second kappa shape index (κ2) is 12.3. The van der Waals surface area contributed by atoms with Crippen LogP contribution in [0.2, 0.25) is 19.6 Å². The van der Waals surface area contributed by atoms with Gasteiger partial charge in [-0.25, -0.2) is 0 Å². The molecule has 0 aliphatic heterocycles. The summed E-state index contributed by atoms with van der Waals surface area (Å²) < 4.78 is 5.30. The second-order valence-corrected chi connectivity index (χ2v) is 11.2. The highest BCUT2D eigenvalue weighted by atomic mass is 28.4. The highest BCUT2D eigenvalue weighted by Gasteiger charge is 2.27. The predicted octanol–water partition coefficient (Wildman–Crippen LogP) is 3.15. The monoisotopic (exact) mass is 343 g/mol. The first kappa shape index (κ1) is 21.9. The van der Waals surface area contributed by atoms with Gasteiger partial charge in [0, 0.05) is 6.42 Å². The van der Waals surface area contributed by atoms with Gasteiger partial charge in [-0.15, -0.1) is 6.58 Å². The van der Waals surface area contributed by atoms with Crippen molar-refractivity contribution in [1.29, 1.82) is 0 Å². The molecule has 0 fully saturated rings. The minimum absolute atomic E-state index is 0.205. The van der Waals surface area contributed by atoms with Crippen molar-refractivity contribution in [3.05, 3.63) is 12.7 Å². The number of carbonyl (C=O) groups is 2. The average Bonchev–Trinajstić information content (AvgIpc) is 2.45. The Bertz CT molecular complexity index is 366. The summed E-state index contributed by atoms with van der Waals surface area (Å²) >= 11 is 0. The molecule has 0 rings (SSSR count). The number of carbonyl (C=O) groups excluding carboxylic acids is 2. The Labute approximate surface area is 141 Å². The molecule has 0 aromatic heterocycles. The number of aliphatic hydroxyl groups excluding tert-OH is 1. The largest absolute Gasteiger partial charge is 0.518 e. The van der Waals surface area contributed by atoms with E-state index in [4.69, 9.17) is 4.43 Å². The highest BCUT2D eigenvalue weighted by Crippen LogP contribution is 2.09. The third kappa shape index (κ3) is 13.0. The Morgan fingerprint density at radius 2 is 1.70 bits per heavy atom. The molecule has 0 radical (unpaired) electrons. The van der Waals surface area contributed by atoms with Crippen molar-refractivity contribution in [2.75, 3.05) is 6.61 Å². The Kier molecular flexibility index (Phi) is 11.7. The van der Waals surface area contributed by atoms with Crippen LogP contribution in [0.3, 0.4) is 0 Å². The normalized spacial score (nSPS) is 12.5. The SMILES string of the molecule is C=CCCCCCCCCC(=O)N[C@@H](CO)C(=O)O[Si](C)(C)C. The summed E-state index contributed by atoms with van der Waals surface area (Å²) in [6, 6.07) is -0.951. The molecule has 0 heterocycles. The Hall–Kier alpha value is -1.14. The Morgan fingerprint density at radius 1 is 1.13 bits per heavy atom. The van der Waals surface area contributed by atoms with E-state index in [1.807, 2.05) is 25.7 Å². The molecule has 6 heteroatoms. The maximum atomic E-state index is 11.9. The summed E-state index contributed by atoms with van der Waals surface area (Å²) in [5.74, 6) is -0.745. The van der Waals surface area contributed by atoms with E-state index in [-0.39, 0.29) is 5.91 Å². The molecule has 23 heavy (non-hydrogen) atoms. The summed E-state index contributed by atoms with van der Waals surface area (Å²) in [6.45, 7) is 8.92. The van der Waals surface area contributed by atoms with Crippen LogP contribution in [0.15, 0.2) is 12.7 Å². The van der Waals surface area contributed by atoms with Gasteiger partial charge in [0.1, 0.15) is 6.04 Å². The van der Waals surface area contributed by atoms with E-state index >= 15 is 0 Å². The zero-order valence-electron chi connectivity index (χ0n) is 14.9. The molecule has 2 N–H and O–H groups in total. The van der Waals surface area contributed by atoms with Crippen LogP contribution < -0.4 is 5.32 Å². The molecule has 0 aromatic carbocycles. The zero-order valence-corrected chi connectivity index (χ0v) is 15.9. The maximum Gasteiger partial charge on any atom is 0.317 e. The Morgan fingerprint density at radius 3 is 2.22 bits per heavy atom. The topological polar surface area (TPSA) is 75.6 Å². The molecular formula is C17H33NO4Si. The number of hydrogen-bond acceptors (Lipinski definition) is 4. The van der Waals surface area contributed by atoms with Crippen LogP contribution >= 0.6 is 0 Å². The van der Waals surface area contributed by atoms with E-state index in [1.165, 1.54) is 19.3 Å². The number of nitrogens with one attached hydrogen (secondary N) is 1. The standard InChI is InChI=1S/C17H33NO4Si/c1-5-6-7-8-9-10-11-12-13-16(20)18-15(14-19)17(21)22-23(2,3)4/h5,15,19H,1,6-14H2,2-4H3,(H,18,20)/t15-/m0/s1. The lowest BCUT2D eigenvalue weighted by molar-refractivity contribution is -0.141. The molecular weight excluding hydrogens is 310 g/mol. The third-order valence-corrected chi connectivity index (χ3v) is 4.08. The number of unbranched alkanes of at least 4 members (excludes halogenated alkanes) is 6. The van der Waals surface area contributed by atoms with Crippen molar-refractivity contribution >= 4 is 20.2 Å². The van der Waals surface area contributed by atoms with Gasteiger partial charge in [-0.3, -0.25) is 9.59 Å².